The lowest BCUT2D eigenvalue weighted by Gasteiger charge is -2.28. The van der Waals surface area contributed by atoms with Crippen LogP contribution in [0, 0.1) is 5.41 Å². The molecule has 4 N–H and O–H groups in total. The summed E-state index contributed by atoms with van der Waals surface area (Å²) in [6.45, 7) is 11.9. The van der Waals surface area contributed by atoms with Crippen molar-refractivity contribution in [2.75, 3.05) is 5.73 Å². The minimum atomic E-state index is -2.97. The van der Waals surface area contributed by atoms with Gasteiger partial charge in [0.25, 0.3) is 6.43 Å². The molecule has 6 nitrogen and oxygen atoms in total. The van der Waals surface area contributed by atoms with E-state index >= 15 is 0 Å². The Morgan fingerprint density at radius 3 is 2.19 bits per heavy atom. The van der Waals surface area contributed by atoms with E-state index in [-0.39, 0.29) is 22.7 Å². The standard InChI is InChI=1S/C18H20F2N4O2.C9H20.C2H6/c1-3-4-9-23-17-13(15(16(19)20)26-18(25)24-17)10(2)14(22)11-7-5-6-8-12(11)21;1-3-5-7-9-8-6-4-2;1-2/h4-9,15-16,22H,3,21H2,1-2H3,(H,23,24,25);3-9H2,1-2H3;1-2H3/b9-4+,13-10+,22-14?;;. The van der Waals surface area contributed by atoms with Crippen molar-refractivity contribution in [3.8, 4) is 0 Å². The van der Waals surface area contributed by atoms with E-state index < -0.39 is 18.6 Å². The molecule has 2 rings (SSSR count). The van der Waals surface area contributed by atoms with Gasteiger partial charge >= 0.3 is 6.09 Å². The van der Waals surface area contributed by atoms with Gasteiger partial charge in [0.15, 0.2) is 6.10 Å². The monoisotopic (exact) mass is 520 g/mol. The Hall–Kier alpha value is -3.03. The zero-order valence-corrected chi connectivity index (χ0v) is 23.4. The van der Waals surface area contributed by atoms with Crippen molar-refractivity contribution in [2.24, 2.45) is 4.99 Å². The second kappa shape index (κ2) is 20.1. The highest BCUT2D eigenvalue weighted by molar-refractivity contribution is 6.20. The van der Waals surface area contributed by atoms with E-state index in [1.807, 2.05) is 20.8 Å². The summed E-state index contributed by atoms with van der Waals surface area (Å²) in [7, 11) is 0. The fourth-order valence-electron chi connectivity index (χ4n) is 3.50. The SMILES string of the molecule is CC.CC/C=C/N=C1\NC(=O)OC(C(F)F)\C1=C(\C)C(=N)c1ccccc1N.CCCCCCCCC. The van der Waals surface area contributed by atoms with Crippen LogP contribution >= 0.6 is 0 Å². The van der Waals surface area contributed by atoms with Crippen molar-refractivity contribution in [2.45, 2.75) is 105 Å². The van der Waals surface area contributed by atoms with E-state index in [1.165, 1.54) is 58.1 Å². The predicted octanol–water partition coefficient (Wildman–Crippen LogP) is 8.43. The number of alkyl carbamates (subject to hydrolysis) is 1. The minimum absolute atomic E-state index is 0.0457. The Bertz CT molecular complexity index is 905. The number of nitrogen functional groups attached to an aromatic ring is 1. The summed E-state index contributed by atoms with van der Waals surface area (Å²) in [5, 5.41) is 10.7. The van der Waals surface area contributed by atoms with Crippen LogP contribution in [0.25, 0.3) is 0 Å². The van der Waals surface area contributed by atoms with Gasteiger partial charge in [-0.15, -0.1) is 0 Å². The molecule has 0 saturated carbocycles. The topological polar surface area (TPSA) is 101 Å². The predicted molar refractivity (Wildman–Crippen MR) is 152 cm³/mol. The highest BCUT2D eigenvalue weighted by atomic mass is 19.3. The van der Waals surface area contributed by atoms with Crippen LogP contribution in [0.2, 0.25) is 0 Å². The van der Waals surface area contributed by atoms with Crippen LogP contribution in [0.4, 0.5) is 19.3 Å². The van der Waals surface area contributed by atoms with Gasteiger partial charge < -0.3 is 10.5 Å². The average molecular weight is 521 g/mol. The third-order valence-corrected chi connectivity index (χ3v) is 5.48. The number of cyclic esters (lactones) is 1. The molecule has 1 fully saturated rings. The molecular formula is C29H46F2N4O2. The first-order chi connectivity index (χ1) is 17.8. The average Bonchev–Trinajstić information content (AvgIpc) is 2.89. The smallest absolute Gasteiger partial charge is 0.413 e. The summed E-state index contributed by atoms with van der Waals surface area (Å²) >= 11 is 0. The number of allylic oxidation sites excluding steroid dienone is 2. The van der Waals surface area contributed by atoms with Gasteiger partial charge in [0.2, 0.25) is 0 Å². The molecule has 1 amide bonds. The van der Waals surface area contributed by atoms with Crippen LogP contribution in [0.3, 0.4) is 0 Å². The molecule has 0 bridgehead atoms. The van der Waals surface area contributed by atoms with Crippen molar-refractivity contribution in [3.05, 3.63) is 53.3 Å². The van der Waals surface area contributed by atoms with Gasteiger partial charge in [-0.2, -0.15) is 0 Å². The van der Waals surface area contributed by atoms with E-state index in [4.69, 9.17) is 15.9 Å². The van der Waals surface area contributed by atoms with Crippen LogP contribution in [0.15, 0.2) is 52.7 Å². The fourth-order valence-corrected chi connectivity index (χ4v) is 3.50. The second-order valence-electron chi connectivity index (χ2n) is 8.32. The number of ether oxygens (including phenoxy) is 1. The van der Waals surface area contributed by atoms with E-state index in [0.717, 1.165) is 0 Å². The number of carbonyl (C=O) groups is 1. The zero-order chi connectivity index (χ0) is 28.2. The Balaban J connectivity index is 0.000000997. The van der Waals surface area contributed by atoms with Gasteiger partial charge in [-0.3, -0.25) is 10.7 Å². The Labute approximate surface area is 222 Å². The number of para-hydroxylation sites is 1. The summed E-state index contributed by atoms with van der Waals surface area (Å²) in [5.74, 6) is -0.0620. The van der Waals surface area contributed by atoms with Crippen molar-refractivity contribution in [3.63, 3.8) is 0 Å². The maximum atomic E-state index is 13.5. The first-order valence-corrected chi connectivity index (χ1v) is 13.4. The van der Waals surface area contributed by atoms with E-state index in [9.17, 15) is 13.6 Å². The minimum Gasteiger partial charge on any atom is -0.435 e. The maximum Gasteiger partial charge on any atom is 0.413 e. The molecule has 1 aromatic rings. The van der Waals surface area contributed by atoms with Crippen molar-refractivity contribution < 1.29 is 18.3 Å². The molecule has 1 saturated heterocycles. The highest BCUT2D eigenvalue weighted by Crippen LogP contribution is 2.26. The summed E-state index contributed by atoms with van der Waals surface area (Å²) in [6.07, 6.45) is 7.99. The third kappa shape index (κ3) is 12.2. The number of unbranched alkanes of at least 4 members (excludes halogenated alkanes) is 6. The fraction of sp³-hybridized carbons (Fsp3) is 0.552. The number of halogens is 2. The highest BCUT2D eigenvalue weighted by Gasteiger charge is 2.38. The van der Waals surface area contributed by atoms with E-state index in [0.29, 0.717) is 17.7 Å². The summed E-state index contributed by atoms with van der Waals surface area (Å²) in [5.41, 5.74) is 6.72. The van der Waals surface area contributed by atoms with Gasteiger partial charge in [0.05, 0.1) is 5.71 Å². The summed E-state index contributed by atoms with van der Waals surface area (Å²) < 4.78 is 31.8. The quantitative estimate of drug-likeness (QED) is 0.155. The van der Waals surface area contributed by atoms with E-state index in [2.05, 4.69) is 24.2 Å². The second-order valence-corrected chi connectivity index (χ2v) is 8.32. The van der Waals surface area contributed by atoms with Crippen molar-refractivity contribution in [1.82, 2.24) is 5.32 Å². The number of hydrogen-bond acceptors (Lipinski definition) is 5. The van der Waals surface area contributed by atoms with Crippen LogP contribution < -0.4 is 11.1 Å². The number of carbonyl (C=O) groups excluding carboxylic acids is 1. The molecule has 8 heteroatoms. The number of benzene rings is 1. The molecule has 1 aliphatic rings. The number of amidine groups is 1. The van der Waals surface area contributed by atoms with Gasteiger partial charge in [-0.05, 0) is 25.0 Å². The van der Waals surface area contributed by atoms with Crippen LogP contribution in [0.5, 0.6) is 0 Å². The van der Waals surface area contributed by atoms with Gasteiger partial charge in [-0.1, -0.05) is 104 Å². The van der Waals surface area contributed by atoms with Crippen LogP contribution in [-0.4, -0.2) is 30.2 Å². The molecule has 1 aromatic carbocycles. The van der Waals surface area contributed by atoms with Crippen molar-refractivity contribution in [1.29, 1.82) is 5.41 Å². The normalized spacial score (nSPS) is 17.4. The molecule has 0 spiro atoms. The zero-order valence-electron chi connectivity index (χ0n) is 23.4. The number of nitrogens with two attached hydrogens (primary N) is 1. The molecule has 1 aliphatic heterocycles. The van der Waals surface area contributed by atoms with Crippen LogP contribution in [0.1, 0.15) is 98.5 Å². The molecule has 1 atom stereocenters. The number of nitrogens with one attached hydrogen (secondary N) is 2. The molecule has 0 radical (unpaired) electrons. The lowest BCUT2D eigenvalue weighted by Crippen LogP contribution is -2.48. The number of anilines is 1. The number of nitrogens with zero attached hydrogens (tertiary/aromatic N) is 1. The Kier molecular flexibility index (Phi) is 18.4. The lowest BCUT2D eigenvalue weighted by molar-refractivity contribution is 0.00194. The van der Waals surface area contributed by atoms with E-state index in [1.54, 1.807) is 30.3 Å². The lowest BCUT2D eigenvalue weighted by atomic mass is 9.93. The molecule has 0 aromatic heterocycles. The molecule has 37 heavy (non-hydrogen) atoms. The van der Waals surface area contributed by atoms with Gasteiger partial charge in [-0.25, -0.2) is 18.6 Å². The maximum absolute atomic E-state index is 13.5. The number of rotatable bonds is 11. The summed E-state index contributed by atoms with van der Waals surface area (Å²) in [6, 6.07) is 6.64. The number of hydrogen-bond donors (Lipinski definition) is 3. The van der Waals surface area contributed by atoms with Gasteiger partial charge in [0.1, 0.15) is 5.84 Å². The number of aliphatic imine (C=N–C) groups is 1. The van der Waals surface area contributed by atoms with Crippen LogP contribution in [-0.2, 0) is 4.74 Å². The van der Waals surface area contributed by atoms with Crippen molar-refractivity contribution >= 4 is 23.3 Å². The molecule has 0 aliphatic carbocycles. The molecule has 1 unspecified atom stereocenters. The largest absolute Gasteiger partial charge is 0.435 e. The first kappa shape index (κ1) is 34.0. The third-order valence-electron chi connectivity index (χ3n) is 5.48. The first-order valence-electron chi connectivity index (χ1n) is 13.4. The summed E-state index contributed by atoms with van der Waals surface area (Å²) in [4.78, 5) is 15.7. The number of amides is 1. The molecule has 1 heterocycles. The molecule has 208 valence electrons. The Morgan fingerprint density at radius 2 is 1.68 bits per heavy atom. The molecular weight excluding hydrogens is 474 g/mol. The Morgan fingerprint density at radius 1 is 1.11 bits per heavy atom. The van der Waals surface area contributed by atoms with Gasteiger partial charge in [0, 0.05) is 23.0 Å². The number of alkyl halides is 2.